The minimum atomic E-state index is -0.151. The van der Waals surface area contributed by atoms with E-state index in [0.717, 1.165) is 29.8 Å². The zero-order valence-corrected chi connectivity index (χ0v) is 18.2. The predicted molar refractivity (Wildman–Crippen MR) is 122 cm³/mol. The molecule has 32 heavy (non-hydrogen) atoms. The normalized spacial score (nSPS) is 14.3. The van der Waals surface area contributed by atoms with E-state index in [1.165, 1.54) is 0 Å². The Morgan fingerprint density at radius 2 is 1.72 bits per heavy atom. The number of anilines is 1. The molecule has 0 radical (unpaired) electrons. The molecule has 1 aliphatic heterocycles. The van der Waals surface area contributed by atoms with E-state index < -0.39 is 0 Å². The predicted octanol–water partition coefficient (Wildman–Crippen LogP) is 3.61. The van der Waals surface area contributed by atoms with E-state index in [4.69, 9.17) is 4.74 Å². The number of benzene rings is 2. The number of hydrogen-bond acceptors (Lipinski definition) is 4. The van der Waals surface area contributed by atoms with Gasteiger partial charge in [0.05, 0.1) is 6.61 Å². The lowest BCUT2D eigenvalue weighted by atomic mass is 9.93. The molecule has 0 unspecified atom stereocenters. The van der Waals surface area contributed by atoms with Gasteiger partial charge in [-0.1, -0.05) is 48.5 Å². The van der Waals surface area contributed by atoms with Crippen molar-refractivity contribution in [2.45, 2.75) is 25.4 Å². The Hall–Kier alpha value is -3.45. The second-order valence-corrected chi connectivity index (χ2v) is 8.04. The Balaban J connectivity index is 1.26. The van der Waals surface area contributed by atoms with Crippen molar-refractivity contribution in [2.24, 2.45) is 0 Å². The van der Waals surface area contributed by atoms with E-state index >= 15 is 0 Å². The van der Waals surface area contributed by atoms with Crippen LogP contribution in [0.3, 0.4) is 0 Å². The Morgan fingerprint density at radius 1 is 1.06 bits per heavy atom. The molecule has 1 aromatic heterocycles. The van der Waals surface area contributed by atoms with E-state index in [0.29, 0.717) is 25.4 Å². The number of carbonyl (C=O) groups is 2. The van der Waals surface area contributed by atoms with E-state index in [1.807, 2.05) is 71.6 Å². The van der Waals surface area contributed by atoms with Gasteiger partial charge in [0.2, 0.25) is 5.91 Å². The zero-order chi connectivity index (χ0) is 22.3. The summed E-state index contributed by atoms with van der Waals surface area (Å²) >= 11 is 0. The van der Waals surface area contributed by atoms with Crippen molar-refractivity contribution < 1.29 is 14.3 Å². The van der Waals surface area contributed by atoms with Crippen LogP contribution in [0.5, 0.6) is 0 Å². The minimum absolute atomic E-state index is 0.0179. The number of H-pyrrole nitrogens is 1. The molecule has 1 saturated heterocycles. The first-order chi connectivity index (χ1) is 15.6. The van der Waals surface area contributed by atoms with E-state index in [1.54, 1.807) is 11.9 Å². The zero-order valence-electron chi connectivity index (χ0n) is 18.2. The van der Waals surface area contributed by atoms with Gasteiger partial charge < -0.3 is 14.5 Å². The van der Waals surface area contributed by atoms with E-state index in [-0.39, 0.29) is 24.3 Å². The molecule has 166 valence electrons. The van der Waals surface area contributed by atoms with Crippen LogP contribution in [-0.2, 0) is 16.1 Å². The number of amides is 2. The SMILES string of the molecule is CN(C(=O)c1cc(C2CCN(C(=O)COCc3ccccc3)CC2)[nH]n1)c1ccccc1. The molecule has 0 aliphatic carbocycles. The van der Waals surface area contributed by atoms with Crippen molar-refractivity contribution in [3.8, 4) is 0 Å². The second kappa shape index (κ2) is 10.2. The maximum Gasteiger partial charge on any atom is 0.278 e. The topological polar surface area (TPSA) is 78.5 Å². The maximum atomic E-state index is 12.8. The second-order valence-electron chi connectivity index (χ2n) is 8.04. The first-order valence-corrected chi connectivity index (χ1v) is 10.9. The smallest absolute Gasteiger partial charge is 0.278 e. The van der Waals surface area contributed by atoms with Crippen LogP contribution in [0.25, 0.3) is 0 Å². The average Bonchev–Trinajstić information content (AvgIpc) is 3.35. The number of rotatable bonds is 7. The Labute approximate surface area is 188 Å². The first kappa shape index (κ1) is 21.8. The lowest BCUT2D eigenvalue weighted by molar-refractivity contribution is -0.137. The van der Waals surface area contributed by atoms with Gasteiger partial charge in [-0.2, -0.15) is 5.10 Å². The number of aromatic amines is 1. The maximum absolute atomic E-state index is 12.8. The summed E-state index contributed by atoms with van der Waals surface area (Å²) in [6, 6.07) is 21.2. The van der Waals surface area contributed by atoms with Crippen molar-refractivity contribution >= 4 is 17.5 Å². The van der Waals surface area contributed by atoms with Gasteiger partial charge in [-0.3, -0.25) is 14.7 Å². The lowest BCUT2D eigenvalue weighted by Gasteiger charge is -2.31. The van der Waals surface area contributed by atoms with Gasteiger partial charge in [0.25, 0.3) is 5.91 Å². The van der Waals surface area contributed by atoms with Crippen LogP contribution in [0.1, 0.15) is 40.5 Å². The third-order valence-electron chi connectivity index (χ3n) is 5.89. The molecule has 1 aliphatic rings. The van der Waals surface area contributed by atoms with Crippen LogP contribution >= 0.6 is 0 Å². The molecule has 0 saturated carbocycles. The standard InChI is InChI=1S/C25H28N4O3/c1-28(21-10-6-3-7-11-21)25(31)23-16-22(26-27-23)20-12-14-29(15-13-20)24(30)18-32-17-19-8-4-2-5-9-19/h2-11,16,20H,12-15,17-18H2,1H3,(H,26,27). The number of likely N-dealkylation sites (tertiary alicyclic amines) is 1. The fourth-order valence-electron chi connectivity index (χ4n) is 3.96. The molecule has 2 aromatic carbocycles. The number of aromatic nitrogens is 2. The summed E-state index contributed by atoms with van der Waals surface area (Å²) in [5.41, 5.74) is 3.23. The van der Waals surface area contributed by atoms with Gasteiger partial charge in [-0.25, -0.2) is 0 Å². The highest BCUT2D eigenvalue weighted by Gasteiger charge is 2.26. The van der Waals surface area contributed by atoms with Crippen molar-refractivity contribution in [2.75, 3.05) is 31.6 Å². The molecule has 1 fully saturated rings. The summed E-state index contributed by atoms with van der Waals surface area (Å²) < 4.78 is 5.59. The van der Waals surface area contributed by atoms with E-state index in [2.05, 4.69) is 10.2 Å². The molecule has 4 rings (SSSR count). The summed E-state index contributed by atoms with van der Waals surface area (Å²) in [5.74, 6) is 0.117. The van der Waals surface area contributed by atoms with Crippen LogP contribution in [0.4, 0.5) is 5.69 Å². The van der Waals surface area contributed by atoms with Crippen LogP contribution in [-0.4, -0.2) is 53.7 Å². The molecule has 3 aromatic rings. The molecular formula is C25H28N4O3. The lowest BCUT2D eigenvalue weighted by Crippen LogP contribution is -2.40. The van der Waals surface area contributed by atoms with Crippen LogP contribution in [0.2, 0.25) is 0 Å². The number of hydrogen-bond donors (Lipinski definition) is 1. The van der Waals surface area contributed by atoms with Gasteiger partial charge in [0.15, 0.2) is 5.69 Å². The first-order valence-electron chi connectivity index (χ1n) is 10.9. The summed E-state index contributed by atoms with van der Waals surface area (Å²) in [7, 11) is 1.75. The van der Waals surface area contributed by atoms with Crippen molar-refractivity contribution in [3.05, 3.63) is 83.7 Å². The van der Waals surface area contributed by atoms with Gasteiger partial charge in [-0.05, 0) is 36.6 Å². The molecule has 0 bridgehead atoms. The summed E-state index contributed by atoms with van der Waals surface area (Å²) in [6.45, 7) is 1.87. The molecule has 0 atom stereocenters. The van der Waals surface area contributed by atoms with Crippen molar-refractivity contribution in [1.82, 2.24) is 15.1 Å². The average molecular weight is 433 g/mol. The monoisotopic (exact) mass is 432 g/mol. The number of nitrogens with zero attached hydrogens (tertiary/aromatic N) is 3. The Morgan fingerprint density at radius 3 is 2.41 bits per heavy atom. The summed E-state index contributed by atoms with van der Waals surface area (Å²) in [5, 5.41) is 7.28. The molecule has 1 N–H and O–H groups in total. The molecule has 0 spiro atoms. The molecule has 2 amide bonds. The molecule has 7 heteroatoms. The van der Waals surface area contributed by atoms with Crippen molar-refractivity contribution in [1.29, 1.82) is 0 Å². The number of para-hydroxylation sites is 1. The van der Waals surface area contributed by atoms with Gasteiger partial charge in [0.1, 0.15) is 6.61 Å². The van der Waals surface area contributed by atoms with Crippen molar-refractivity contribution in [3.63, 3.8) is 0 Å². The third kappa shape index (κ3) is 5.23. The molecular weight excluding hydrogens is 404 g/mol. The van der Waals surface area contributed by atoms with Gasteiger partial charge in [-0.15, -0.1) is 0 Å². The fraction of sp³-hybridized carbons (Fsp3) is 0.320. The highest BCUT2D eigenvalue weighted by Crippen LogP contribution is 2.27. The van der Waals surface area contributed by atoms with Crippen LogP contribution < -0.4 is 4.90 Å². The number of piperidine rings is 1. The van der Waals surface area contributed by atoms with Crippen LogP contribution in [0.15, 0.2) is 66.7 Å². The van der Waals surface area contributed by atoms with E-state index in [9.17, 15) is 9.59 Å². The number of ether oxygens (including phenoxy) is 1. The molecule has 2 heterocycles. The highest BCUT2D eigenvalue weighted by atomic mass is 16.5. The Kier molecular flexibility index (Phi) is 6.97. The number of nitrogens with one attached hydrogen (secondary N) is 1. The largest absolute Gasteiger partial charge is 0.367 e. The summed E-state index contributed by atoms with van der Waals surface area (Å²) in [4.78, 5) is 28.7. The number of carbonyl (C=O) groups excluding carboxylic acids is 2. The summed E-state index contributed by atoms with van der Waals surface area (Å²) in [6.07, 6.45) is 1.66. The quantitative estimate of drug-likeness (QED) is 0.619. The van der Waals surface area contributed by atoms with Crippen LogP contribution in [0, 0.1) is 0 Å². The van der Waals surface area contributed by atoms with Gasteiger partial charge in [0, 0.05) is 37.4 Å². The highest BCUT2D eigenvalue weighted by molar-refractivity contribution is 6.04. The Bertz CT molecular complexity index is 1030. The third-order valence-corrected chi connectivity index (χ3v) is 5.89. The molecule has 7 nitrogen and oxygen atoms in total. The fourth-order valence-corrected chi connectivity index (χ4v) is 3.96. The minimum Gasteiger partial charge on any atom is -0.367 e. The van der Waals surface area contributed by atoms with Gasteiger partial charge >= 0.3 is 0 Å².